The monoisotopic (exact) mass is 300 g/mol. The highest BCUT2D eigenvalue weighted by Crippen LogP contribution is 2.20. The largest absolute Gasteiger partial charge is 0.352 e. The van der Waals surface area contributed by atoms with Crippen LogP contribution in [0.25, 0.3) is 10.4 Å². The summed E-state index contributed by atoms with van der Waals surface area (Å²) in [5.41, 5.74) is 8.29. The number of benzene rings is 1. The second-order valence-electron chi connectivity index (χ2n) is 3.17. The molecule has 0 aliphatic rings. The molecule has 0 atom stereocenters. The Labute approximate surface area is 106 Å². The van der Waals surface area contributed by atoms with Crippen molar-refractivity contribution < 1.29 is 9.18 Å². The first-order valence-corrected chi connectivity index (χ1v) is 5.69. The number of azide groups is 1. The summed E-state index contributed by atoms with van der Waals surface area (Å²) in [5.74, 6) is -0.843. The molecule has 1 amide bonds. The Morgan fingerprint density at radius 1 is 1.59 bits per heavy atom. The smallest absolute Gasteiger partial charge is 0.252 e. The van der Waals surface area contributed by atoms with Gasteiger partial charge in [0.2, 0.25) is 0 Å². The van der Waals surface area contributed by atoms with Gasteiger partial charge in [0.1, 0.15) is 5.82 Å². The van der Waals surface area contributed by atoms with Gasteiger partial charge in [-0.15, -0.1) is 0 Å². The van der Waals surface area contributed by atoms with Crippen LogP contribution in [0.1, 0.15) is 16.8 Å². The molecular formula is C10H10BrFN4O. The highest BCUT2D eigenvalue weighted by atomic mass is 79.9. The van der Waals surface area contributed by atoms with E-state index in [9.17, 15) is 9.18 Å². The van der Waals surface area contributed by atoms with Crippen molar-refractivity contribution in [2.75, 3.05) is 13.1 Å². The van der Waals surface area contributed by atoms with Gasteiger partial charge >= 0.3 is 0 Å². The predicted molar refractivity (Wildman–Crippen MR) is 65.1 cm³/mol. The van der Waals surface area contributed by atoms with Gasteiger partial charge in [0, 0.05) is 18.0 Å². The van der Waals surface area contributed by atoms with Crippen molar-refractivity contribution in [2.24, 2.45) is 5.11 Å². The highest BCUT2D eigenvalue weighted by molar-refractivity contribution is 9.10. The van der Waals surface area contributed by atoms with E-state index in [1.165, 1.54) is 18.2 Å². The van der Waals surface area contributed by atoms with Gasteiger partial charge in [-0.05, 0) is 40.0 Å². The molecule has 0 unspecified atom stereocenters. The van der Waals surface area contributed by atoms with Crippen LogP contribution >= 0.6 is 15.9 Å². The molecule has 0 saturated carbocycles. The summed E-state index contributed by atoms with van der Waals surface area (Å²) in [6, 6.07) is 4.26. The fraction of sp³-hybridized carbons (Fsp3) is 0.300. The van der Waals surface area contributed by atoms with Crippen LogP contribution in [0.4, 0.5) is 4.39 Å². The maximum atomic E-state index is 13.1. The molecule has 1 aromatic rings. The van der Waals surface area contributed by atoms with E-state index in [1.54, 1.807) is 0 Å². The third-order valence-electron chi connectivity index (χ3n) is 1.98. The summed E-state index contributed by atoms with van der Waals surface area (Å²) in [5, 5.41) is 5.94. The first kappa shape index (κ1) is 13.5. The molecule has 0 spiro atoms. The average Bonchev–Trinajstić information content (AvgIpc) is 2.32. The molecule has 7 heteroatoms. The number of amides is 1. The minimum atomic E-state index is -0.480. The van der Waals surface area contributed by atoms with Crippen LogP contribution in [0.3, 0.4) is 0 Å². The summed E-state index contributed by atoms with van der Waals surface area (Å²) < 4.78 is 13.3. The van der Waals surface area contributed by atoms with E-state index < -0.39 is 5.82 Å². The van der Waals surface area contributed by atoms with Crippen LogP contribution in [-0.2, 0) is 0 Å². The molecule has 1 aromatic carbocycles. The van der Waals surface area contributed by atoms with Crippen LogP contribution in [0.2, 0.25) is 0 Å². The number of rotatable bonds is 5. The van der Waals surface area contributed by atoms with E-state index >= 15 is 0 Å². The minimum Gasteiger partial charge on any atom is -0.352 e. The fourth-order valence-electron chi connectivity index (χ4n) is 1.17. The van der Waals surface area contributed by atoms with Gasteiger partial charge in [-0.3, -0.25) is 4.79 Å². The lowest BCUT2D eigenvalue weighted by Crippen LogP contribution is -2.25. The predicted octanol–water partition coefficient (Wildman–Crippen LogP) is 3.02. The maximum Gasteiger partial charge on any atom is 0.252 e. The van der Waals surface area contributed by atoms with E-state index in [0.29, 0.717) is 19.5 Å². The molecule has 90 valence electrons. The van der Waals surface area contributed by atoms with Crippen LogP contribution in [-0.4, -0.2) is 19.0 Å². The Bertz CT molecular complexity index is 460. The van der Waals surface area contributed by atoms with E-state index in [2.05, 4.69) is 31.3 Å². The van der Waals surface area contributed by atoms with E-state index in [-0.39, 0.29) is 15.9 Å². The van der Waals surface area contributed by atoms with Crippen molar-refractivity contribution >= 4 is 21.8 Å². The summed E-state index contributed by atoms with van der Waals surface area (Å²) in [7, 11) is 0. The molecule has 0 bridgehead atoms. The van der Waals surface area contributed by atoms with Gasteiger partial charge in [0.25, 0.3) is 5.91 Å². The number of halogens is 2. The number of hydrogen-bond acceptors (Lipinski definition) is 2. The van der Waals surface area contributed by atoms with Crippen LogP contribution < -0.4 is 5.32 Å². The van der Waals surface area contributed by atoms with Crippen molar-refractivity contribution in [3.8, 4) is 0 Å². The number of nitrogens with zero attached hydrogens (tertiary/aromatic N) is 3. The molecule has 0 fully saturated rings. The second-order valence-corrected chi connectivity index (χ2v) is 3.96. The number of carbonyl (C=O) groups is 1. The highest BCUT2D eigenvalue weighted by Gasteiger charge is 2.11. The molecule has 0 aliphatic heterocycles. The Balaban J connectivity index is 2.52. The first-order valence-electron chi connectivity index (χ1n) is 4.90. The zero-order valence-corrected chi connectivity index (χ0v) is 10.4. The zero-order valence-electron chi connectivity index (χ0n) is 8.86. The minimum absolute atomic E-state index is 0.146. The van der Waals surface area contributed by atoms with Crippen molar-refractivity contribution in [3.63, 3.8) is 0 Å². The fourth-order valence-corrected chi connectivity index (χ4v) is 1.62. The first-order chi connectivity index (χ1) is 8.16. The van der Waals surface area contributed by atoms with E-state index in [4.69, 9.17) is 5.53 Å². The third-order valence-corrected chi connectivity index (χ3v) is 2.79. The van der Waals surface area contributed by atoms with Gasteiger partial charge in [0.05, 0.1) is 10.0 Å². The lowest BCUT2D eigenvalue weighted by atomic mass is 10.2. The number of carbonyl (C=O) groups excluding carboxylic acids is 1. The van der Waals surface area contributed by atoms with E-state index in [1.807, 2.05) is 0 Å². The molecule has 1 rings (SSSR count). The van der Waals surface area contributed by atoms with Crippen molar-refractivity contribution in [2.45, 2.75) is 6.42 Å². The molecule has 5 nitrogen and oxygen atoms in total. The number of hydrogen-bond donors (Lipinski definition) is 1. The molecular weight excluding hydrogens is 291 g/mol. The summed E-state index contributed by atoms with van der Waals surface area (Å²) >= 11 is 3.01. The lowest BCUT2D eigenvalue weighted by molar-refractivity contribution is 0.0952. The van der Waals surface area contributed by atoms with Gasteiger partial charge in [0.15, 0.2) is 0 Å². The van der Waals surface area contributed by atoms with Gasteiger partial charge in [-0.25, -0.2) is 4.39 Å². The van der Waals surface area contributed by atoms with Crippen molar-refractivity contribution in [1.82, 2.24) is 5.32 Å². The molecule has 0 heterocycles. The average molecular weight is 301 g/mol. The molecule has 0 saturated heterocycles. The van der Waals surface area contributed by atoms with Crippen LogP contribution in [0.15, 0.2) is 27.8 Å². The zero-order chi connectivity index (χ0) is 12.7. The van der Waals surface area contributed by atoms with Crippen LogP contribution in [0.5, 0.6) is 0 Å². The standard InChI is InChI=1S/C10H10BrFN4O/c11-9-7(3-1-4-8(9)12)10(17)14-5-2-6-15-16-13/h1,3-4H,2,5-6H2,(H,14,17). The molecule has 0 aromatic heterocycles. The summed E-state index contributed by atoms with van der Waals surface area (Å²) in [6.45, 7) is 0.696. The molecule has 0 aliphatic carbocycles. The Kier molecular flexibility index (Phi) is 5.45. The number of nitrogens with one attached hydrogen (secondary N) is 1. The van der Waals surface area contributed by atoms with Gasteiger partial charge in [-0.1, -0.05) is 11.2 Å². The molecule has 0 radical (unpaired) electrons. The summed E-state index contributed by atoms with van der Waals surface area (Å²) in [6.07, 6.45) is 0.544. The van der Waals surface area contributed by atoms with Gasteiger partial charge in [-0.2, -0.15) is 0 Å². The lowest BCUT2D eigenvalue weighted by Gasteiger charge is -2.06. The SMILES string of the molecule is [N-]=[N+]=NCCCNC(=O)c1cccc(F)c1Br. The van der Waals surface area contributed by atoms with Crippen LogP contribution in [0, 0.1) is 5.82 Å². The quantitative estimate of drug-likeness (QED) is 0.386. The van der Waals surface area contributed by atoms with Crippen molar-refractivity contribution in [3.05, 3.63) is 44.5 Å². The topological polar surface area (TPSA) is 77.9 Å². The Morgan fingerprint density at radius 2 is 2.35 bits per heavy atom. The Morgan fingerprint density at radius 3 is 3.06 bits per heavy atom. The second kappa shape index (κ2) is 6.88. The van der Waals surface area contributed by atoms with Crippen molar-refractivity contribution in [1.29, 1.82) is 0 Å². The normalized spacial score (nSPS) is 9.53. The maximum absolute atomic E-state index is 13.1. The third kappa shape index (κ3) is 4.05. The molecule has 17 heavy (non-hydrogen) atoms. The van der Waals surface area contributed by atoms with Gasteiger partial charge < -0.3 is 5.32 Å². The summed E-state index contributed by atoms with van der Waals surface area (Å²) in [4.78, 5) is 14.2. The Hall–Kier alpha value is -1.59. The molecule has 1 N–H and O–H groups in total. The van der Waals surface area contributed by atoms with E-state index in [0.717, 1.165) is 0 Å².